The van der Waals surface area contributed by atoms with E-state index in [-0.39, 0.29) is 11.9 Å². The van der Waals surface area contributed by atoms with Crippen molar-refractivity contribution in [2.75, 3.05) is 7.11 Å². The molecule has 0 spiro atoms. The molecule has 0 saturated carbocycles. The summed E-state index contributed by atoms with van der Waals surface area (Å²) in [5.74, 6) is -1.41. The Morgan fingerprint density at radius 1 is 1.38 bits per heavy atom. The Morgan fingerprint density at radius 3 is 2.23 bits per heavy atom. The summed E-state index contributed by atoms with van der Waals surface area (Å²) in [5, 5.41) is 2.67. The summed E-state index contributed by atoms with van der Waals surface area (Å²) in [7, 11) is 1.29. The molecule has 4 heteroatoms. The minimum Gasteiger partial charge on any atom is -0.468 e. The van der Waals surface area contributed by atoms with Crippen molar-refractivity contribution in [3.8, 4) is 0 Å². The molecule has 0 saturated heterocycles. The van der Waals surface area contributed by atoms with Crippen LogP contribution in [0.4, 0.5) is 0 Å². The van der Waals surface area contributed by atoms with Crippen molar-refractivity contribution in [1.29, 1.82) is 0 Å². The highest BCUT2D eigenvalue weighted by Gasteiger charge is 2.25. The molecule has 0 aliphatic heterocycles. The molecular weight excluding hydrogens is 170 g/mol. The monoisotopic (exact) mass is 187 g/mol. The average Bonchev–Trinajstić information content (AvgIpc) is 2.03. The van der Waals surface area contributed by atoms with Crippen LogP contribution in [0.2, 0.25) is 0 Å². The molecule has 1 N–H and O–H groups in total. The SMILES string of the molecule is CCC(C(=O)NC(C)C)C(=O)OC. The van der Waals surface area contributed by atoms with E-state index in [1.807, 2.05) is 13.8 Å². The zero-order chi connectivity index (χ0) is 10.4. The second-order valence-corrected chi connectivity index (χ2v) is 3.15. The normalized spacial score (nSPS) is 12.4. The van der Waals surface area contributed by atoms with Gasteiger partial charge in [-0.3, -0.25) is 9.59 Å². The summed E-state index contributed by atoms with van der Waals surface area (Å²) in [5.41, 5.74) is 0. The molecule has 0 rings (SSSR count). The lowest BCUT2D eigenvalue weighted by molar-refractivity contribution is -0.150. The van der Waals surface area contributed by atoms with Gasteiger partial charge in [0.2, 0.25) is 5.91 Å². The van der Waals surface area contributed by atoms with Gasteiger partial charge in [-0.2, -0.15) is 0 Å². The Hall–Kier alpha value is -1.06. The van der Waals surface area contributed by atoms with E-state index < -0.39 is 11.9 Å². The highest BCUT2D eigenvalue weighted by molar-refractivity contribution is 5.97. The quantitative estimate of drug-likeness (QED) is 0.521. The first-order chi connectivity index (χ1) is 6.02. The van der Waals surface area contributed by atoms with Crippen LogP contribution < -0.4 is 5.32 Å². The number of methoxy groups -OCH3 is 1. The summed E-state index contributed by atoms with van der Waals surface area (Å²) in [4.78, 5) is 22.5. The van der Waals surface area contributed by atoms with Crippen molar-refractivity contribution in [1.82, 2.24) is 5.32 Å². The fourth-order valence-corrected chi connectivity index (χ4v) is 0.986. The van der Waals surface area contributed by atoms with Crippen molar-refractivity contribution < 1.29 is 14.3 Å². The topological polar surface area (TPSA) is 55.4 Å². The second kappa shape index (κ2) is 5.56. The van der Waals surface area contributed by atoms with Gasteiger partial charge in [-0.25, -0.2) is 0 Å². The Labute approximate surface area is 78.6 Å². The van der Waals surface area contributed by atoms with E-state index in [2.05, 4.69) is 10.1 Å². The smallest absolute Gasteiger partial charge is 0.318 e. The first-order valence-corrected chi connectivity index (χ1v) is 4.41. The van der Waals surface area contributed by atoms with Gasteiger partial charge in [0.15, 0.2) is 0 Å². The van der Waals surface area contributed by atoms with Crippen LogP contribution in [0.3, 0.4) is 0 Å². The zero-order valence-electron chi connectivity index (χ0n) is 8.59. The number of carbonyl (C=O) groups is 2. The zero-order valence-corrected chi connectivity index (χ0v) is 8.59. The molecule has 0 fully saturated rings. The van der Waals surface area contributed by atoms with Gasteiger partial charge < -0.3 is 10.1 Å². The first-order valence-electron chi connectivity index (χ1n) is 4.41. The van der Waals surface area contributed by atoms with Gasteiger partial charge in [0.05, 0.1) is 7.11 Å². The van der Waals surface area contributed by atoms with Gasteiger partial charge in [0, 0.05) is 6.04 Å². The first kappa shape index (κ1) is 11.9. The Kier molecular flexibility index (Phi) is 5.11. The van der Waals surface area contributed by atoms with E-state index in [1.165, 1.54) is 7.11 Å². The number of carbonyl (C=O) groups excluding carboxylic acids is 2. The molecule has 1 atom stereocenters. The third-order valence-corrected chi connectivity index (χ3v) is 1.64. The largest absolute Gasteiger partial charge is 0.468 e. The molecule has 1 unspecified atom stereocenters. The van der Waals surface area contributed by atoms with E-state index in [4.69, 9.17) is 0 Å². The van der Waals surface area contributed by atoms with E-state index in [0.29, 0.717) is 6.42 Å². The summed E-state index contributed by atoms with van der Waals surface area (Å²) in [6.45, 7) is 5.48. The lowest BCUT2D eigenvalue weighted by atomic mass is 10.1. The third kappa shape index (κ3) is 3.92. The van der Waals surface area contributed by atoms with E-state index in [9.17, 15) is 9.59 Å². The predicted octanol–water partition coefficient (Wildman–Crippen LogP) is 0.710. The highest BCUT2D eigenvalue weighted by Crippen LogP contribution is 2.05. The number of ether oxygens (including phenoxy) is 1. The fourth-order valence-electron chi connectivity index (χ4n) is 0.986. The molecule has 13 heavy (non-hydrogen) atoms. The molecule has 1 amide bonds. The number of nitrogens with one attached hydrogen (secondary N) is 1. The Balaban J connectivity index is 4.23. The van der Waals surface area contributed by atoms with Gasteiger partial charge in [0.1, 0.15) is 5.92 Å². The number of hydrogen-bond acceptors (Lipinski definition) is 3. The van der Waals surface area contributed by atoms with Gasteiger partial charge >= 0.3 is 5.97 Å². The van der Waals surface area contributed by atoms with Crippen LogP contribution in [-0.4, -0.2) is 25.0 Å². The molecule has 0 radical (unpaired) electrons. The molecule has 0 aromatic heterocycles. The molecule has 76 valence electrons. The van der Waals surface area contributed by atoms with Gasteiger partial charge in [-0.15, -0.1) is 0 Å². The Morgan fingerprint density at radius 2 is 1.92 bits per heavy atom. The van der Waals surface area contributed by atoms with Crippen LogP contribution in [0.1, 0.15) is 27.2 Å². The second-order valence-electron chi connectivity index (χ2n) is 3.15. The summed E-state index contributed by atoms with van der Waals surface area (Å²) < 4.78 is 4.51. The van der Waals surface area contributed by atoms with E-state index >= 15 is 0 Å². The van der Waals surface area contributed by atoms with Crippen LogP contribution in [0.5, 0.6) is 0 Å². The third-order valence-electron chi connectivity index (χ3n) is 1.64. The maximum Gasteiger partial charge on any atom is 0.318 e. The van der Waals surface area contributed by atoms with Crippen molar-refractivity contribution >= 4 is 11.9 Å². The molecule has 4 nitrogen and oxygen atoms in total. The lowest BCUT2D eigenvalue weighted by Gasteiger charge is -2.14. The van der Waals surface area contributed by atoms with Gasteiger partial charge in [-0.05, 0) is 20.3 Å². The molecular formula is C9H17NO3. The fraction of sp³-hybridized carbons (Fsp3) is 0.778. The summed E-state index contributed by atoms with van der Waals surface area (Å²) in [6, 6.07) is 0.0474. The number of esters is 1. The van der Waals surface area contributed by atoms with E-state index in [0.717, 1.165) is 0 Å². The number of hydrogen-bond donors (Lipinski definition) is 1. The molecule has 0 aliphatic carbocycles. The highest BCUT2D eigenvalue weighted by atomic mass is 16.5. The van der Waals surface area contributed by atoms with Crippen molar-refractivity contribution in [2.45, 2.75) is 33.2 Å². The number of rotatable bonds is 4. The van der Waals surface area contributed by atoms with Gasteiger partial charge in [0.25, 0.3) is 0 Å². The average molecular weight is 187 g/mol. The predicted molar refractivity (Wildman–Crippen MR) is 49.1 cm³/mol. The molecule has 0 bridgehead atoms. The number of amides is 1. The Bertz CT molecular complexity index is 189. The minimum absolute atomic E-state index is 0.0474. The van der Waals surface area contributed by atoms with Gasteiger partial charge in [-0.1, -0.05) is 6.92 Å². The molecule has 0 aromatic carbocycles. The summed E-state index contributed by atoms with van der Waals surface area (Å²) >= 11 is 0. The van der Waals surface area contributed by atoms with E-state index in [1.54, 1.807) is 6.92 Å². The lowest BCUT2D eigenvalue weighted by Crippen LogP contribution is -2.39. The maximum atomic E-state index is 11.4. The minimum atomic E-state index is -0.674. The summed E-state index contributed by atoms with van der Waals surface area (Å²) in [6.07, 6.45) is 0.464. The van der Waals surface area contributed by atoms with Crippen molar-refractivity contribution in [3.05, 3.63) is 0 Å². The molecule has 0 aromatic rings. The standard InChI is InChI=1S/C9H17NO3/c1-5-7(9(12)13-4)8(11)10-6(2)3/h6-7H,5H2,1-4H3,(H,10,11). The van der Waals surface area contributed by atoms with Crippen LogP contribution in [0.15, 0.2) is 0 Å². The van der Waals surface area contributed by atoms with Crippen LogP contribution >= 0.6 is 0 Å². The van der Waals surface area contributed by atoms with Crippen LogP contribution in [0, 0.1) is 5.92 Å². The van der Waals surface area contributed by atoms with Crippen LogP contribution in [0.25, 0.3) is 0 Å². The molecule has 0 aliphatic rings. The van der Waals surface area contributed by atoms with Crippen molar-refractivity contribution in [2.24, 2.45) is 5.92 Å². The molecule has 0 heterocycles. The maximum absolute atomic E-state index is 11.4. The van der Waals surface area contributed by atoms with Crippen molar-refractivity contribution in [3.63, 3.8) is 0 Å². The van der Waals surface area contributed by atoms with Crippen LogP contribution in [-0.2, 0) is 14.3 Å².